The number of pyridine rings is 1. The van der Waals surface area contributed by atoms with E-state index in [1.54, 1.807) is 0 Å². The molecule has 0 radical (unpaired) electrons. The number of aromatic amines is 1. The zero-order valence-electron chi connectivity index (χ0n) is 14.5. The number of phenolic OH excluding ortho intramolecular Hbond substituents is 1. The van der Waals surface area contributed by atoms with Crippen molar-refractivity contribution >= 4 is 56.3 Å². The molecular formula is C20H18Cl2N2O2S. The SMILES string of the molecule is CC(N)Cc1ccc(-c2c(O)cc(Cl)c3[nH]c(=O)c4sccc4c23)cc1.Cl. The molecular weight excluding hydrogens is 403 g/mol. The Kier molecular flexibility index (Phi) is 5.49. The first-order valence-electron chi connectivity index (χ1n) is 8.25. The summed E-state index contributed by atoms with van der Waals surface area (Å²) in [6.45, 7) is 1.97. The fourth-order valence-electron chi connectivity index (χ4n) is 3.35. The highest BCUT2D eigenvalue weighted by Crippen LogP contribution is 2.42. The van der Waals surface area contributed by atoms with Gasteiger partial charge in [-0.3, -0.25) is 4.79 Å². The third kappa shape index (κ3) is 3.44. The maximum absolute atomic E-state index is 12.3. The summed E-state index contributed by atoms with van der Waals surface area (Å²) in [6, 6.07) is 11.4. The van der Waals surface area contributed by atoms with E-state index in [1.807, 2.05) is 42.6 Å². The fourth-order valence-corrected chi connectivity index (χ4v) is 4.39. The number of fused-ring (bicyclic) bond motifs is 3. The number of nitrogens with one attached hydrogen (secondary N) is 1. The topological polar surface area (TPSA) is 79.1 Å². The Balaban J connectivity index is 0.00000210. The quantitative estimate of drug-likeness (QED) is 0.432. The summed E-state index contributed by atoms with van der Waals surface area (Å²) in [4.78, 5) is 15.2. The summed E-state index contributed by atoms with van der Waals surface area (Å²) in [6.07, 6.45) is 0.787. The van der Waals surface area contributed by atoms with Gasteiger partial charge in [-0.15, -0.1) is 23.7 Å². The first-order valence-corrected chi connectivity index (χ1v) is 9.51. The summed E-state index contributed by atoms with van der Waals surface area (Å²) in [5.74, 6) is 0.0852. The number of hydrogen-bond donors (Lipinski definition) is 3. The predicted molar refractivity (Wildman–Crippen MR) is 117 cm³/mol. The second kappa shape index (κ2) is 7.52. The molecule has 2 aromatic heterocycles. The summed E-state index contributed by atoms with van der Waals surface area (Å²) < 4.78 is 0.619. The molecule has 0 aliphatic rings. The molecule has 4 nitrogen and oxygen atoms in total. The molecule has 27 heavy (non-hydrogen) atoms. The van der Waals surface area contributed by atoms with Gasteiger partial charge in [-0.25, -0.2) is 0 Å². The van der Waals surface area contributed by atoms with Crippen molar-refractivity contribution in [2.75, 3.05) is 0 Å². The van der Waals surface area contributed by atoms with Crippen LogP contribution < -0.4 is 11.3 Å². The molecule has 1 unspecified atom stereocenters. The molecule has 0 aliphatic heterocycles. The van der Waals surface area contributed by atoms with Crippen LogP contribution in [-0.2, 0) is 6.42 Å². The maximum Gasteiger partial charge on any atom is 0.266 e. The third-order valence-electron chi connectivity index (χ3n) is 4.44. The monoisotopic (exact) mass is 420 g/mol. The minimum absolute atomic E-state index is 0. The molecule has 0 amide bonds. The van der Waals surface area contributed by atoms with Crippen LogP contribution >= 0.6 is 35.3 Å². The Morgan fingerprint density at radius 1 is 1.26 bits per heavy atom. The van der Waals surface area contributed by atoms with Crippen molar-refractivity contribution in [1.82, 2.24) is 4.98 Å². The van der Waals surface area contributed by atoms with Gasteiger partial charge in [-0.05, 0) is 35.9 Å². The molecule has 2 aromatic carbocycles. The molecule has 7 heteroatoms. The highest BCUT2D eigenvalue weighted by atomic mass is 35.5. The highest BCUT2D eigenvalue weighted by Gasteiger charge is 2.18. The predicted octanol–water partition coefficient (Wildman–Crippen LogP) is 5.08. The van der Waals surface area contributed by atoms with E-state index in [1.165, 1.54) is 17.4 Å². The van der Waals surface area contributed by atoms with Crippen molar-refractivity contribution in [1.29, 1.82) is 0 Å². The molecule has 4 aromatic rings. The van der Waals surface area contributed by atoms with Gasteiger partial charge in [0.2, 0.25) is 0 Å². The number of hydrogen-bond acceptors (Lipinski definition) is 4. The van der Waals surface area contributed by atoms with Crippen molar-refractivity contribution in [2.45, 2.75) is 19.4 Å². The number of phenols is 1. The van der Waals surface area contributed by atoms with E-state index in [0.29, 0.717) is 20.8 Å². The number of aromatic nitrogens is 1. The maximum atomic E-state index is 12.3. The van der Waals surface area contributed by atoms with E-state index < -0.39 is 0 Å². The molecule has 4 rings (SSSR count). The van der Waals surface area contributed by atoms with Crippen molar-refractivity contribution in [3.63, 3.8) is 0 Å². The molecule has 0 fully saturated rings. The fraction of sp³-hybridized carbons (Fsp3) is 0.150. The van der Waals surface area contributed by atoms with Crippen LogP contribution in [0.25, 0.3) is 32.1 Å². The summed E-state index contributed by atoms with van der Waals surface area (Å²) in [5, 5.41) is 14.4. The molecule has 1 atom stereocenters. The van der Waals surface area contributed by atoms with Crippen LogP contribution in [0, 0.1) is 0 Å². The van der Waals surface area contributed by atoms with Crippen LogP contribution in [0.2, 0.25) is 5.02 Å². The van der Waals surface area contributed by atoms with Crippen LogP contribution in [0.1, 0.15) is 12.5 Å². The number of thiophene rings is 1. The zero-order valence-corrected chi connectivity index (χ0v) is 16.8. The van der Waals surface area contributed by atoms with Crippen LogP contribution in [0.5, 0.6) is 5.75 Å². The number of aromatic hydroxyl groups is 1. The molecule has 4 N–H and O–H groups in total. The number of halogens is 2. The van der Waals surface area contributed by atoms with Crippen LogP contribution in [0.4, 0.5) is 0 Å². The average Bonchev–Trinajstić information content (AvgIpc) is 3.07. The molecule has 0 bridgehead atoms. The van der Waals surface area contributed by atoms with E-state index in [9.17, 15) is 9.90 Å². The minimum atomic E-state index is -0.173. The minimum Gasteiger partial charge on any atom is -0.507 e. The zero-order chi connectivity index (χ0) is 18.4. The Morgan fingerprint density at radius 2 is 1.96 bits per heavy atom. The molecule has 0 aliphatic carbocycles. The third-order valence-corrected chi connectivity index (χ3v) is 5.65. The van der Waals surface area contributed by atoms with Crippen LogP contribution in [-0.4, -0.2) is 16.1 Å². The van der Waals surface area contributed by atoms with Gasteiger partial charge in [0.25, 0.3) is 5.56 Å². The van der Waals surface area contributed by atoms with Gasteiger partial charge in [0.15, 0.2) is 0 Å². The molecule has 140 valence electrons. The van der Waals surface area contributed by atoms with E-state index in [0.717, 1.165) is 28.3 Å². The smallest absolute Gasteiger partial charge is 0.266 e. The molecule has 0 saturated carbocycles. The average molecular weight is 421 g/mol. The van der Waals surface area contributed by atoms with Gasteiger partial charge in [0.05, 0.1) is 10.5 Å². The number of benzene rings is 2. The molecule has 2 heterocycles. The lowest BCUT2D eigenvalue weighted by molar-refractivity contribution is 0.478. The largest absolute Gasteiger partial charge is 0.507 e. The number of rotatable bonds is 3. The normalized spacial score (nSPS) is 12.3. The van der Waals surface area contributed by atoms with E-state index in [4.69, 9.17) is 17.3 Å². The Morgan fingerprint density at radius 3 is 2.63 bits per heavy atom. The lowest BCUT2D eigenvalue weighted by Crippen LogP contribution is -2.17. The highest BCUT2D eigenvalue weighted by molar-refractivity contribution is 7.17. The number of H-pyrrole nitrogens is 1. The first kappa shape index (κ1) is 19.7. The van der Waals surface area contributed by atoms with Gasteiger partial charge in [-0.1, -0.05) is 35.9 Å². The second-order valence-electron chi connectivity index (χ2n) is 6.50. The van der Waals surface area contributed by atoms with Crippen LogP contribution in [0.3, 0.4) is 0 Å². The van der Waals surface area contributed by atoms with Gasteiger partial charge in [0, 0.05) is 28.4 Å². The summed E-state index contributed by atoms with van der Waals surface area (Å²) in [5.41, 5.74) is 8.89. The van der Waals surface area contributed by atoms with E-state index in [-0.39, 0.29) is 29.8 Å². The second-order valence-corrected chi connectivity index (χ2v) is 7.82. The van der Waals surface area contributed by atoms with Crippen molar-refractivity contribution in [3.8, 4) is 16.9 Å². The number of nitrogens with two attached hydrogens (primary N) is 1. The van der Waals surface area contributed by atoms with E-state index >= 15 is 0 Å². The van der Waals surface area contributed by atoms with Gasteiger partial charge in [0.1, 0.15) is 10.4 Å². The van der Waals surface area contributed by atoms with E-state index in [2.05, 4.69) is 4.98 Å². The molecule has 0 saturated heterocycles. The van der Waals surface area contributed by atoms with Crippen molar-refractivity contribution in [3.05, 3.63) is 62.7 Å². The van der Waals surface area contributed by atoms with Gasteiger partial charge >= 0.3 is 0 Å². The Hall–Kier alpha value is -2.05. The van der Waals surface area contributed by atoms with Crippen molar-refractivity contribution < 1.29 is 5.11 Å². The summed E-state index contributed by atoms with van der Waals surface area (Å²) in [7, 11) is 0. The summed E-state index contributed by atoms with van der Waals surface area (Å²) >= 11 is 7.67. The first-order chi connectivity index (χ1) is 12.5. The lowest BCUT2D eigenvalue weighted by atomic mass is 9.95. The lowest BCUT2D eigenvalue weighted by Gasteiger charge is -2.13. The van der Waals surface area contributed by atoms with Gasteiger partial charge < -0.3 is 15.8 Å². The Labute approximate surface area is 171 Å². The molecule has 0 spiro atoms. The van der Waals surface area contributed by atoms with Crippen molar-refractivity contribution in [2.24, 2.45) is 5.73 Å². The van der Waals surface area contributed by atoms with Crippen LogP contribution in [0.15, 0.2) is 46.6 Å². The van der Waals surface area contributed by atoms with Gasteiger partial charge in [-0.2, -0.15) is 0 Å². The Bertz CT molecular complexity index is 1180. The standard InChI is InChI=1S/C20H17ClN2O2S.ClH/c1-10(22)8-11-2-4-12(5-3-11)16-15(24)9-14(21)18-17(16)13-6-7-26-19(13)20(25)23-18;/h2-7,9-10,24H,8,22H2,1H3,(H,23,25);1H.